The summed E-state index contributed by atoms with van der Waals surface area (Å²) in [5.74, 6) is -0.177. The minimum Gasteiger partial charge on any atom is -0.480 e. The number of piperidine rings is 1. The molecule has 1 aliphatic heterocycles. The highest BCUT2D eigenvalue weighted by atomic mass is 19.4. The van der Waals surface area contributed by atoms with Crippen LogP contribution >= 0.6 is 0 Å². The number of benzene rings is 1. The molecule has 2 atom stereocenters. The van der Waals surface area contributed by atoms with Crippen LogP contribution in [0.25, 0.3) is 0 Å². The smallest absolute Gasteiger partial charge is 0.480 e. The normalized spacial score (nSPS) is 19.2. The minimum atomic E-state index is -4.77. The molecule has 1 aromatic heterocycles. The molecule has 0 amide bonds. The molecule has 1 fully saturated rings. The van der Waals surface area contributed by atoms with Gasteiger partial charge < -0.3 is 14.8 Å². The Hall–Kier alpha value is -2.28. The summed E-state index contributed by atoms with van der Waals surface area (Å²) in [6.45, 7) is 1.66. The second kappa shape index (κ2) is 7.74. The van der Waals surface area contributed by atoms with Gasteiger partial charge in [-0.3, -0.25) is 4.98 Å². The van der Waals surface area contributed by atoms with Crippen molar-refractivity contribution in [1.82, 2.24) is 10.3 Å². The highest BCUT2D eigenvalue weighted by molar-refractivity contribution is 5.40. The van der Waals surface area contributed by atoms with Crippen molar-refractivity contribution in [2.75, 3.05) is 13.1 Å². The van der Waals surface area contributed by atoms with E-state index in [0.717, 1.165) is 25.9 Å². The lowest BCUT2D eigenvalue weighted by Crippen LogP contribution is -2.35. The van der Waals surface area contributed by atoms with Crippen LogP contribution in [0.2, 0.25) is 0 Å². The molecule has 1 aromatic carbocycles. The van der Waals surface area contributed by atoms with Gasteiger partial charge in [0.25, 0.3) is 0 Å². The molecule has 0 bridgehead atoms. The Balaban J connectivity index is 1.88. The van der Waals surface area contributed by atoms with Gasteiger partial charge in [-0.1, -0.05) is 18.2 Å². The van der Waals surface area contributed by atoms with Crippen molar-refractivity contribution in [3.8, 4) is 11.5 Å². The zero-order valence-corrected chi connectivity index (χ0v) is 13.5. The molecule has 4 nitrogen and oxygen atoms in total. The summed E-state index contributed by atoms with van der Waals surface area (Å²) in [6.07, 6.45) is -1.67. The predicted molar refractivity (Wildman–Crippen MR) is 86.3 cm³/mol. The molecule has 134 valence electrons. The number of rotatable bonds is 5. The van der Waals surface area contributed by atoms with Crippen molar-refractivity contribution >= 4 is 0 Å². The molecule has 1 saturated heterocycles. The van der Waals surface area contributed by atoms with Gasteiger partial charge in [0.05, 0.1) is 5.69 Å². The molecule has 1 N–H and O–H groups in total. The zero-order valence-electron chi connectivity index (χ0n) is 13.5. The minimum absolute atomic E-state index is 0.0565. The fourth-order valence-corrected chi connectivity index (χ4v) is 2.97. The molecule has 7 heteroatoms. The molecule has 3 rings (SSSR count). The van der Waals surface area contributed by atoms with Crippen LogP contribution < -0.4 is 14.8 Å². The number of para-hydroxylation sites is 2. The Labute approximate surface area is 144 Å². The third kappa shape index (κ3) is 4.85. The Kier molecular flexibility index (Phi) is 5.43. The van der Waals surface area contributed by atoms with Gasteiger partial charge in [0, 0.05) is 18.7 Å². The van der Waals surface area contributed by atoms with E-state index in [1.807, 2.05) is 12.1 Å². The number of aromatic nitrogens is 1. The van der Waals surface area contributed by atoms with Crippen molar-refractivity contribution in [3.63, 3.8) is 0 Å². The second-order valence-corrected chi connectivity index (χ2v) is 5.89. The van der Waals surface area contributed by atoms with E-state index in [4.69, 9.17) is 4.74 Å². The molecule has 0 spiro atoms. The average molecular weight is 352 g/mol. The van der Waals surface area contributed by atoms with Gasteiger partial charge in [0.15, 0.2) is 11.5 Å². The molecule has 0 saturated carbocycles. The average Bonchev–Trinajstić information content (AvgIpc) is 2.61. The summed E-state index contributed by atoms with van der Waals surface area (Å²) in [4.78, 5) is 4.34. The quantitative estimate of drug-likeness (QED) is 0.880. The highest BCUT2D eigenvalue weighted by Gasteiger charge is 2.34. The van der Waals surface area contributed by atoms with Gasteiger partial charge in [-0.05, 0) is 43.7 Å². The standard InChI is InChI=1S/C18H19F3N2O2/c19-18(20,21)25-16-9-2-1-8-15(16)24-17(13-6-5-10-22-12-13)14-7-3-4-11-23-14/h1-4,7-9,11,13,17,22H,5-6,10,12H2/t13?,17-/m0/s1. The topological polar surface area (TPSA) is 43.4 Å². The Morgan fingerprint density at radius 1 is 1.08 bits per heavy atom. The first-order chi connectivity index (χ1) is 12.0. The third-order valence-electron chi connectivity index (χ3n) is 4.07. The number of hydrogen-bond acceptors (Lipinski definition) is 4. The largest absolute Gasteiger partial charge is 0.573 e. The highest BCUT2D eigenvalue weighted by Crippen LogP contribution is 2.37. The summed E-state index contributed by atoms with van der Waals surface area (Å²) in [7, 11) is 0. The van der Waals surface area contributed by atoms with Crippen molar-refractivity contribution in [2.45, 2.75) is 25.3 Å². The molecule has 1 aliphatic rings. The summed E-state index contributed by atoms with van der Waals surface area (Å²) in [6, 6.07) is 11.3. The van der Waals surface area contributed by atoms with E-state index in [-0.39, 0.29) is 17.4 Å². The van der Waals surface area contributed by atoms with Gasteiger partial charge >= 0.3 is 6.36 Å². The van der Waals surface area contributed by atoms with E-state index in [1.54, 1.807) is 18.3 Å². The van der Waals surface area contributed by atoms with E-state index in [0.29, 0.717) is 5.69 Å². The predicted octanol–water partition coefficient (Wildman–Crippen LogP) is 4.10. The fraction of sp³-hybridized carbons (Fsp3) is 0.389. The number of hydrogen-bond donors (Lipinski definition) is 1. The van der Waals surface area contributed by atoms with Crippen LogP contribution in [0.3, 0.4) is 0 Å². The zero-order chi connectivity index (χ0) is 17.7. The maximum absolute atomic E-state index is 12.6. The number of halogens is 3. The summed E-state index contributed by atoms with van der Waals surface area (Å²) in [5.41, 5.74) is 0.693. The number of alkyl halides is 3. The van der Waals surface area contributed by atoms with Crippen molar-refractivity contribution < 1.29 is 22.6 Å². The van der Waals surface area contributed by atoms with Crippen LogP contribution in [0.1, 0.15) is 24.6 Å². The van der Waals surface area contributed by atoms with Gasteiger partial charge in [-0.15, -0.1) is 13.2 Å². The van der Waals surface area contributed by atoms with Gasteiger partial charge in [0.1, 0.15) is 6.10 Å². The van der Waals surface area contributed by atoms with Gasteiger partial charge in [0.2, 0.25) is 0 Å². The Morgan fingerprint density at radius 2 is 1.84 bits per heavy atom. The molecule has 2 aromatic rings. The number of ether oxygens (including phenoxy) is 2. The van der Waals surface area contributed by atoms with E-state index in [1.165, 1.54) is 18.2 Å². The molecular weight excluding hydrogens is 333 g/mol. The van der Waals surface area contributed by atoms with E-state index >= 15 is 0 Å². The fourth-order valence-electron chi connectivity index (χ4n) is 2.97. The summed E-state index contributed by atoms with van der Waals surface area (Å²) < 4.78 is 48.0. The first kappa shape index (κ1) is 17.5. The van der Waals surface area contributed by atoms with Crippen molar-refractivity contribution in [2.24, 2.45) is 5.92 Å². The summed E-state index contributed by atoms with van der Waals surface area (Å²) >= 11 is 0. The number of nitrogens with one attached hydrogen (secondary N) is 1. The van der Waals surface area contributed by atoms with E-state index in [9.17, 15) is 13.2 Å². The molecular formula is C18H19F3N2O2. The van der Waals surface area contributed by atoms with Gasteiger partial charge in [-0.2, -0.15) is 0 Å². The van der Waals surface area contributed by atoms with Crippen LogP contribution in [-0.2, 0) is 0 Å². The van der Waals surface area contributed by atoms with Crippen LogP contribution in [0.5, 0.6) is 11.5 Å². The van der Waals surface area contributed by atoms with E-state index < -0.39 is 12.5 Å². The number of nitrogens with zero attached hydrogens (tertiary/aromatic N) is 1. The van der Waals surface area contributed by atoms with Crippen LogP contribution in [0, 0.1) is 5.92 Å². The molecule has 0 radical (unpaired) electrons. The Morgan fingerprint density at radius 3 is 2.48 bits per heavy atom. The number of pyridine rings is 1. The lowest BCUT2D eigenvalue weighted by atomic mass is 9.91. The molecule has 25 heavy (non-hydrogen) atoms. The lowest BCUT2D eigenvalue weighted by molar-refractivity contribution is -0.275. The first-order valence-corrected chi connectivity index (χ1v) is 8.16. The van der Waals surface area contributed by atoms with Gasteiger partial charge in [-0.25, -0.2) is 0 Å². The van der Waals surface area contributed by atoms with Crippen LogP contribution in [0.15, 0.2) is 48.7 Å². The van der Waals surface area contributed by atoms with E-state index in [2.05, 4.69) is 15.0 Å². The first-order valence-electron chi connectivity index (χ1n) is 8.16. The monoisotopic (exact) mass is 352 g/mol. The lowest BCUT2D eigenvalue weighted by Gasteiger charge is -2.31. The SMILES string of the molecule is FC(F)(F)Oc1ccccc1O[C@H](c1ccccn1)C1CCCNC1. The molecule has 1 unspecified atom stereocenters. The second-order valence-electron chi connectivity index (χ2n) is 5.89. The molecule has 0 aliphatic carbocycles. The van der Waals surface area contributed by atoms with Crippen LogP contribution in [-0.4, -0.2) is 24.4 Å². The third-order valence-corrected chi connectivity index (χ3v) is 4.07. The summed E-state index contributed by atoms with van der Waals surface area (Å²) in [5, 5.41) is 3.30. The van der Waals surface area contributed by atoms with Crippen LogP contribution in [0.4, 0.5) is 13.2 Å². The maximum atomic E-state index is 12.6. The molecule has 2 heterocycles. The maximum Gasteiger partial charge on any atom is 0.573 e. The van der Waals surface area contributed by atoms with Crippen molar-refractivity contribution in [1.29, 1.82) is 0 Å². The Bertz CT molecular complexity index is 674. The van der Waals surface area contributed by atoms with Crippen molar-refractivity contribution in [3.05, 3.63) is 54.4 Å².